The Kier molecular flexibility index (Phi) is 5.05. The van der Waals surface area contributed by atoms with Gasteiger partial charge in [0.15, 0.2) is 9.84 Å². The maximum atomic E-state index is 11.7. The highest BCUT2D eigenvalue weighted by atomic mass is 79.9. The number of carbonyl (C=O) groups is 1. The summed E-state index contributed by atoms with van der Waals surface area (Å²) < 4.78 is 22.6. The molecule has 0 saturated heterocycles. The number of halogens is 1. The standard InChI is InChI=1S/C11H15BrN2O4S/c1-11(10(15)14-16,19(2,17)18)6-5-9-4-3-8(12)7-13-9/h3-4,7,16H,5-6H2,1-2H3,(H,14,15). The molecule has 0 bridgehead atoms. The van der Waals surface area contributed by atoms with Gasteiger partial charge in [-0.05, 0) is 47.8 Å². The van der Waals surface area contributed by atoms with Crippen LogP contribution in [-0.4, -0.2) is 35.5 Å². The number of pyridine rings is 1. The summed E-state index contributed by atoms with van der Waals surface area (Å²) in [6.07, 6.45) is 2.91. The smallest absolute Gasteiger partial charge is 0.264 e. The molecular formula is C11H15BrN2O4S. The minimum Gasteiger partial charge on any atom is -0.289 e. The summed E-state index contributed by atoms with van der Waals surface area (Å²) in [4.78, 5) is 15.7. The Hall–Kier alpha value is -0.990. The van der Waals surface area contributed by atoms with Gasteiger partial charge < -0.3 is 0 Å². The molecule has 19 heavy (non-hydrogen) atoms. The molecule has 0 aliphatic rings. The van der Waals surface area contributed by atoms with Crippen molar-refractivity contribution in [3.05, 3.63) is 28.5 Å². The highest BCUT2D eigenvalue weighted by Crippen LogP contribution is 2.23. The van der Waals surface area contributed by atoms with Crippen LogP contribution in [-0.2, 0) is 21.1 Å². The summed E-state index contributed by atoms with van der Waals surface area (Å²) in [5.41, 5.74) is 2.08. The van der Waals surface area contributed by atoms with Gasteiger partial charge in [-0.3, -0.25) is 15.0 Å². The number of rotatable bonds is 5. The van der Waals surface area contributed by atoms with Crippen molar-refractivity contribution in [1.29, 1.82) is 0 Å². The van der Waals surface area contributed by atoms with Gasteiger partial charge in [-0.1, -0.05) is 0 Å². The molecule has 0 fully saturated rings. The first-order chi connectivity index (χ1) is 8.70. The molecular weight excluding hydrogens is 336 g/mol. The first kappa shape index (κ1) is 16.1. The number of sulfone groups is 1. The van der Waals surface area contributed by atoms with E-state index in [1.807, 2.05) is 0 Å². The quantitative estimate of drug-likeness (QED) is 0.611. The number of carbonyl (C=O) groups excluding carboxylic acids is 1. The molecule has 1 amide bonds. The predicted octanol–water partition coefficient (Wildman–Crippen LogP) is 1.09. The Balaban J connectivity index is 2.92. The Bertz CT molecular complexity index is 559. The first-order valence-corrected chi connectivity index (χ1v) is 8.14. The van der Waals surface area contributed by atoms with Crippen molar-refractivity contribution >= 4 is 31.7 Å². The van der Waals surface area contributed by atoms with E-state index in [2.05, 4.69) is 20.9 Å². The third kappa shape index (κ3) is 3.74. The fraction of sp³-hybridized carbons (Fsp3) is 0.455. The molecule has 6 nitrogen and oxygen atoms in total. The number of amides is 1. The molecule has 2 N–H and O–H groups in total. The lowest BCUT2D eigenvalue weighted by molar-refractivity contribution is -0.131. The number of hydrogen-bond donors (Lipinski definition) is 2. The Morgan fingerprint density at radius 1 is 1.53 bits per heavy atom. The second-order valence-corrected chi connectivity index (χ2v) is 7.77. The monoisotopic (exact) mass is 350 g/mol. The van der Waals surface area contributed by atoms with Crippen LogP contribution in [0.25, 0.3) is 0 Å². The Morgan fingerprint density at radius 2 is 2.16 bits per heavy atom. The van der Waals surface area contributed by atoms with Crippen LogP contribution in [0.3, 0.4) is 0 Å². The van der Waals surface area contributed by atoms with Crippen LogP contribution in [0.2, 0.25) is 0 Å². The van der Waals surface area contributed by atoms with Crippen molar-refractivity contribution in [2.45, 2.75) is 24.5 Å². The topological polar surface area (TPSA) is 96.4 Å². The molecule has 1 rings (SSSR count). The molecule has 0 spiro atoms. The molecule has 0 aliphatic heterocycles. The summed E-state index contributed by atoms with van der Waals surface area (Å²) >= 11 is 3.25. The number of nitrogens with zero attached hydrogens (tertiary/aromatic N) is 1. The van der Waals surface area contributed by atoms with Crippen LogP contribution in [0.4, 0.5) is 0 Å². The van der Waals surface area contributed by atoms with Gasteiger partial charge in [0.1, 0.15) is 4.75 Å². The summed E-state index contributed by atoms with van der Waals surface area (Å²) in [5, 5.41) is 8.68. The fourth-order valence-electron chi connectivity index (χ4n) is 1.51. The molecule has 8 heteroatoms. The average Bonchev–Trinajstić information content (AvgIpc) is 2.35. The molecule has 1 unspecified atom stereocenters. The molecule has 0 radical (unpaired) electrons. The van der Waals surface area contributed by atoms with Crippen LogP contribution in [0.15, 0.2) is 22.8 Å². The maximum Gasteiger partial charge on any atom is 0.264 e. The highest BCUT2D eigenvalue weighted by Gasteiger charge is 2.43. The third-order valence-electron chi connectivity index (χ3n) is 3.05. The Labute approximate surface area is 120 Å². The SMILES string of the molecule is CC(CCc1ccc(Br)cn1)(C(=O)NO)S(C)(=O)=O. The number of hydroxylamine groups is 1. The second kappa shape index (κ2) is 5.98. The van der Waals surface area contributed by atoms with Crippen molar-refractivity contribution in [3.63, 3.8) is 0 Å². The van der Waals surface area contributed by atoms with Crippen LogP contribution >= 0.6 is 15.9 Å². The highest BCUT2D eigenvalue weighted by molar-refractivity contribution is 9.10. The zero-order valence-corrected chi connectivity index (χ0v) is 13.0. The van der Waals surface area contributed by atoms with E-state index in [0.717, 1.165) is 10.7 Å². The first-order valence-electron chi connectivity index (χ1n) is 5.45. The molecule has 1 atom stereocenters. The van der Waals surface area contributed by atoms with E-state index in [1.165, 1.54) is 12.4 Å². The molecule has 1 aromatic rings. The van der Waals surface area contributed by atoms with E-state index >= 15 is 0 Å². The van der Waals surface area contributed by atoms with Gasteiger partial charge >= 0.3 is 0 Å². The van der Waals surface area contributed by atoms with Gasteiger partial charge in [-0.15, -0.1) is 0 Å². The normalized spacial score (nSPS) is 14.7. The van der Waals surface area contributed by atoms with Crippen molar-refractivity contribution in [2.24, 2.45) is 0 Å². The van der Waals surface area contributed by atoms with E-state index in [-0.39, 0.29) is 6.42 Å². The maximum absolute atomic E-state index is 11.7. The zero-order valence-electron chi connectivity index (χ0n) is 10.6. The minimum atomic E-state index is -3.66. The third-order valence-corrected chi connectivity index (χ3v) is 5.54. The van der Waals surface area contributed by atoms with Crippen molar-refractivity contribution in [1.82, 2.24) is 10.5 Å². The molecule has 1 heterocycles. The fourth-order valence-corrected chi connectivity index (χ4v) is 2.60. The Morgan fingerprint density at radius 3 is 2.58 bits per heavy atom. The number of aromatic nitrogens is 1. The van der Waals surface area contributed by atoms with Crippen molar-refractivity contribution < 1.29 is 18.4 Å². The summed E-state index contributed by atoms with van der Waals surface area (Å²) in [7, 11) is -3.66. The summed E-state index contributed by atoms with van der Waals surface area (Å²) in [6.45, 7) is 1.28. The lowest BCUT2D eigenvalue weighted by Crippen LogP contribution is -2.49. The van der Waals surface area contributed by atoms with Gasteiger partial charge in [-0.2, -0.15) is 0 Å². The van der Waals surface area contributed by atoms with E-state index in [0.29, 0.717) is 12.1 Å². The number of nitrogens with one attached hydrogen (secondary N) is 1. The second-order valence-electron chi connectivity index (χ2n) is 4.41. The number of hydrogen-bond acceptors (Lipinski definition) is 5. The van der Waals surface area contributed by atoms with Crippen LogP contribution in [0, 0.1) is 0 Å². The summed E-state index contributed by atoms with van der Waals surface area (Å²) in [5.74, 6) is -0.938. The van der Waals surface area contributed by atoms with E-state index in [1.54, 1.807) is 18.3 Å². The summed E-state index contributed by atoms with van der Waals surface area (Å²) in [6, 6.07) is 3.52. The van der Waals surface area contributed by atoms with Gasteiger partial charge in [-0.25, -0.2) is 13.9 Å². The molecule has 0 saturated carbocycles. The molecule has 0 aliphatic carbocycles. The lowest BCUT2D eigenvalue weighted by Gasteiger charge is -2.24. The van der Waals surface area contributed by atoms with E-state index in [4.69, 9.17) is 5.21 Å². The van der Waals surface area contributed by atoms with Crippen LogP contribution < -0.4 is 5.48 Å². The largest absolute Gasteiger partial charge is 0.289 e. The molecule has 106 valence electrons. The van der Waals surface area contributed by atoms with Gasteiger partial charge in [0.2, 0.25) is 0 Å². The van der Waals surface area contributed by atoms with Crippen LogP contribution in [0.5, 0.6) is 0 Å². The van der Waals surface area contributed by atoms with Gasteiger partial charge in [0.25, 0.3) is 5.91 Å². The van der Waals surface area contributed by atoms with Crippen molar-refractivity contribution in [2.75, 3.05) is 6.26 Å². The van der Waals surface area contributed by atoms with Gasteiger partial charge in [0, 0.05) is 22.6 Å². The predicted molar refractivity (Wildman–Crippen MR) is 73.4 cm³/mol. The minimum absolute atomic E-state index is 0.0346. The zero-order chi connectivity index (χ0) is 14.7. The lowest BCUT2D eigenvalue weighted by atomic mass is 10.0. The van der Waals surface area contributed by atoms with E-state index < -0.39 is 20.5 Å². The molecule has 0 aromatic carbocycles. The van der Waals surface area contributed by atoms with Crippen molar-refractivity contribution in [3.8, 4) is 0 Å². The molecule has 1 aromatic heterocycles. The van der Waals surface area contributed by atoms with E-state index in [9.17, 15) is 13.2 Å². The average molecular weight is 351 g/mol. The van der Waals surface area contributed by atoms with Gasteiger partial charge in [0.05, 0.1) is 0 Å². The number of aryl methyl sites for hydroxylation is 1. The van der Waals surface area contributed by atoms with Crippen LogP contribution in [0.1, 0.15) is 19.0 Å².